The molecule has 2 saturated heterocycles. The van der Waals surface area contributed by atoms with E-state index < -0.39 is 0 Å². The molecule has 8 nitrogen and oxygen atoms in total. The van der Waals surface area contributed by atoms with Crippen molar-refractivity contribution < 1.29 is 9.66 Å². The number of nitro groups is 1. The molecule has 0 bridgehead atoms. The van der Waals surface area contributed by atoms with Crippen molar-refractivity contribution in [3.8, 4) is 0 Å². The van der Waals surface area contributed by atoms with Crippen LogP contribution in [0.25, 0.3) is 0 Å². The van der Waals surface area contributed by atoms with Gasteiger partial charge in [-0.15, -0.1) is 0 Å². The molecule has 9 heteroatoms. The van der Waals surface area contributed by atoms with Gasteiger partial charge in [0.05, 0.1) is 29.9 Å². The Kier molecular flexibility index (Phi) is 5.54. The Bertz CT molecular complexity index is 996. The summed E-state index contributed by atoms with van der Waals surface area (Å²) in [6.45, 7) is 4.68. The molecule has 2 fully saturated rings. The first-order chi connectivity index (χ1) is 15.2. The van der Waals surface area contributed by atoms with Crippen LogP contribution in [0.5, 0.6) is 0 Å². The first kappa shape index (κ1) is 20.3. The van der Waals surface area contributed by atoms with Crippen LogP contribution in [0.4, 0.5) is 11.4 Å². The van der Waals surface area contributed by atoms with E-state index in [1.54, 1.807) is 24.0 Å². The maximum Gasteiger partial charge on any atom is 0.292 e. The van der Waals surface area contributed by atoms with Crippen molar-refractivity contribution >= 4 is 28.3 Å². The number of aromatic nitrogens is 1. The molecule has 0 aliphatic carbocycles. The van der Waals surface area contributed by atoms with Gasteiger partial charge >= 0.3 is 0 Å². The number of aliphatic imine (C=N–C) groups is 1. The lowest BCUT2D eigenvalue weighted by atomic mass is 9.94. The maximum absolute atomic E-state index is 12.0. The summed E-state index contributed by atoms with van der Waals surface area (Å²) in [4.78, 5) is 25.7. The number of rotatable bonds is 5. The standard InChI is InChI=1S/C22H25N5O3S/c1-2-16-14-31-22-24-20(17-5-3-4-8-23-17)21(26(16)22)15-6-7-18(19(13-15)27(28)29)25-9-11-30-12-10-25/h3-8,13,16,20-21H,2,9-12,14H2,1H3. The molecule has 0 amide bonds. The third kappa shape index (κ3) is 3.65. The number of nitro benzene ring substituents is 1. The van der Waals surface area contributed by atoms with Crippen molar-refractivity contribution in [2.45, 2.75) is 31.5 Å². The van der Waals surface area contributed by atoms with E-state index in [1.165, 1.54) is 0 Å². The number of amidine groups is 1. The highest BCUT2D eigenvalue weighted by atomic mass is 32.2. The van der Waals surface area contributed by atoms with Crippen molar-refractivity contribution in [3.63, 3.8) is 0 Å². The van der Waals surface area contributed by atoms with Gasteiger partial charge < -0.3 is 14.5 Å². The predicted octanol–water partition coefficient (Wildman–Crippen LogP) is 3.81. The van der Waals surface area contributed by atoms with Crippen LogP contribution in [0.1, 0.15) is 36.7 Å². The van der Waals surface area contributed by atoms with Gasteiger partial charge in [-0.2, -0.15) is 0 Å². The molecule has 1 aromatic heterocycles. The maximum atomic E-state index is 12.0. The summed E-state index contributed by atoms with van der Waals surface area (Å²) in [6, 6.07) is 11.6. The van der Waals surface area contributed by atoms with Gasteiger partial charge in [-0.05, 0) is 30.2 Å². The number of morpholine rings is 1. The van der Waals surface area contributed by atoms with Crippen molar-refractivity contribution in [3.05, 3.63) is 64.0 Å². The Labute approximate surface area is 185 Å². The van der Waals surface area contributed by atoms with Gasteiger partial charge in [-0.3, -0.25) is 20.1 Å². The first-order valence-corrected chi connectivity index (χ1v) is 11.7. The summed E-state index contributed by atoms with van der Waals surface area (Å²) in [5.74, 6) is 0.995. The van der Waals surface area contributed by atoms with Crippen LogP contribution in [0.2, 0.25) is 0 Å². The van der Waals surface area contributed by atoms with Gasteiger partial charge in [0.1, 0.15) is 11.7 Å². The van der Waals surface area contributed by atoms with Gasteiger partial charge in [-0.1, -0.05) is 30.8 Å². The highest BCUT2D eigenvalue weighted by Gasteiger charge is 2.46. The number of hydrogen-bond acceptors (Lipinski definition) is 8. The zero-order chi connectivity index (χ0) is 21.4. The lowest BCUT2D eigenvalue weighted by Crippen LogP contribution is -2.37. The Balaban J connectivity index is 1.57. The summed E-state index contributed by atoms with van der Waals surface area (Å²) in [6.07, 6.45) is 2.79. The zero-order valence-electron chi connectivity index (χ0n) is 17.4. The van der Waals surface area contributed by atoms with Gasteiger partial charge in [-0.25, -0.2) is 0 Å². The van der Waals surface area contributed by atoms with Crippen molar-refractivity contribution in [1.29, 1.82) is 0 Å². The van der Waals surface area contributed by atoms with Crippen molar-refractivity contribution in [2.24, 2.45) is 4.99 Å². The Hall–Kier alpha value is -2.65. The summed E-state index contributed by atoms with van der Waals surface area (Å²) in [5, 5.41) is 13.0. The summed E-state index contributed by atoms with van der Waals surface area (Å²) >= 11 is 1.77. The molecule has 0 spiro atoms. The van der Waals surface area contributed by atoms with Crippen LogP contribution in [0.15, 0.2) is 47.6 Å². The van der Waals surface area contributed by atoms with Crippen molar-refractivity contribution in [1.82, 2.24) is 9.88 Å². The van der Waals surface area contributed by atoms with E-state index in [4.69, 9.17) is 9.73 Å². The van der Waals surface area contributed by atoms with E-state index in [9.17, 15) is 10.1 Å². The predicted molar refractivity (Wildman–Crippen MR) is 122 cm³/mol. The minimum Gasteiger partial charge on any atom is -0.378 e. The molecule has 0 N–H and O–H groups in total. The van der Waals surface area contributed by atoms with E-state index in [0.717, 1.165) is 28.6 Å². The van der Waals surface area contributed by atoms with Gasteiger partial charge in [0, 0.05) is 37.1 Å². The molecule has 162 valence electrons. The number of benzene rings is 1. The minimum atomic E-state index is -0.267. The molecule has 0 saturated carbocycles. The fourth-order valence-corrected chi connectivity index (χ4v) is 5.99. The van der Waals surface area contributed by atoms with Crippen molar-refractivity contribution in [2.75, 3.05) is 37.0 Å². The molecule has 3 atom stereocenters. The Morgan fingerprint density at radius 2 is 2.10 bits per heavy atom. The Morgan fingerprint density at radius 3 is 2.81 bits per heavy atom. The smallest absolute Gasteiger partial charge is 0.292 e. The number of nitrogens with zero attached hydrogens (tertiary/aromatic N) is 5. The monoisotopic (exact) mass is 439 g/mol. The molecule has 1 aromatic carbocycles. The normalized spacial score (nSPS) is 25.5. The topological polar surface area (TPSA) is 84.1 Å². The van der Waals surface area contributed by atoms with E-state index in [-0.39, 0.29) is 22.7 Å². The number of pyridine rings is 1. The molecule has 3 unspecified atom stereocenters. The number of fused-ring (bicyclic) bond motifs is 1. The zero-order valence-corrected chi connectivity index (χ0v) is 18.2. The van der Waals surface area contributed by atoms with Gasteiger partial charge in [0.15, 0.2) is 5.17 Å². The number of anilines is 1. The average Bonchev–Trinajstić information content (AvgIpc) is 3.39. The largest absolute Gasteiger partial charge is 0.378 e. The molecular formula is C22H25N5O3S. The molecule has 0 radical (unpaired) electrons. The summed E-state index contributed by atoms with van der Waals surface area (Å²) in [5.41, 5.74) is 2.62. The average molecular weight is 440 g/mol. The number of hydrogen-bond donors (Lipinski definition) is 0. The molecule has 3 aliphatic heterocycles. The van der Waals surface area contributed by atoms with E-state index in [1.807, 2.05) is 35.2 Å². The fraction of sp³-hybridized carbons (Fsp3) is 0.455. The number of thioether (sulfide) groups is 1. The lowest BCUT2D eigenvalue weighted by Gasteiger charge is -2.32. The SMILES string of the molecule is CCC1CSC2=NC(c3ccccn3)C(c3ccc(N4CCOCC4)c([N+](=O)[O-])c3)N21. The fourth-order valence-electron chi connectivity index (χ4n) is 4.65. The second-order valence-electron chi connectivity index (χ2n) is 7.94. The third-order valence-corrected chi connectivity index (χ3v) is 7.34. The molecule has 4 heterocycles. The third-order valence-electron chi connectivity index (χ3n) is 6.22. The minimum absolute atomic E-state index is 0.0951. The van der Waals surface area contributed by atoms with Crippen LogP contribution in [-0.4, -0.2) is 58.1 Å². The molecule has 5 rings (SSSR count). The van der Waals surface area contributed by atoms with Crippen LogP contribution in [0, 0.1) is 10.1 Å². The first-order valence-electron chi connectivity index (χ1n) is 10.7. The molecule has 2 aromatic rings. The van der Waals surface area contributed by atoms with Gasteiger partial charge in [0.25, 0.3) is 5.69 Å². The molecule has 31 heavy (non-hydrogen) atoms. The van der Waals surface area contributed by atoms with Crippen LogP contribution in [0.3, 0.4) is 0 Å². The van der Waals surface area contributed by atoms with E-state index >= 15 is 0 Å². The number of ether oxygens (including phenoxy) is 1. The molecule has 3 aliphatic rings. The highest BCUT2D eigenvalue weighted by molar-refractivity contribution is 8.14. The molecular weight excluding hydrogens is 414 g/mol. The van der Waals surface area contributed by atoms with Crippen LogP contribution < -0.4 is 4.90 Å². The van der Waals surface area contributed by atoms with Crippen LogP contribution >= 0.6 is 11.8 Å². The second-order valence-corrected chi connectivity index (χ2v) is 8.93. The quantitative estimate of drug-likeness (QED) is 0.517. The summed E-state index contributed by atoms with van der Waals surface area (Å²) < 4.78 is 5.42. The Morgan fingerprint density at radius 1 is 1.26 bits per heavy atom. The summed E-state index contributed by atoms with van der Waals surface area (Å²) in [7, 11) is 0. The van der Waals surface area contributed by atoms with E-state index in [2.05, 4.69) is 16.8 Å². The van der Waals surface area contributed by atoms with Gasteiger partial charge in [0.2, 0.25) is 0 Å². The highest BCUT2D eigenvalue weighted by Crippen LogP contribution is 2.49. The lowest BCUT2D eigenvalue weighted by molar-refractivity contribution is -0.384. The second kappa shape index (κ2) is 8.47. The van der Waals surface area contributed by atoms with Crippen LogP contribution in [-0.2, 0) is 4.74 Å². The van der Waals surface area contributed by atoms with E-state index in [0.29, 0.717) is 38.0 Å².